The van der Waals surface area contributed by atoms with Crippen molar-refractivity contribution in [2.45, 2.75) is 12.8 Å². The van der Waals surface area contributed by atoms with Gasteiger partial charge in [-0.15, -0.1) is 0 Å². The molecule has 0 fully saturated rings. The van der Waals surface area contributed by atoms with Crippen LogP contribution in [0.2, 0.25) is 0 Å². The third-order valence-corrected chi connectivity index (χ3v) is 3.13. The second-order valence-electron chi connectivity index (χ2n) is 4.66. The van der Waals surface area contributed by atoms with Gasteiger partial charge in [-0.2, -0.15) is 5.10 Å². The van der Waals surface area contributed by atoms with Crippen molar-refractivity contribution in [1.29, 1.82) is 0 Å². The Bertz CT molecular complexity index is 704. The lowest BCUT2D eigenvalue weighted by Gasteiger charge is -2.08. The van der Waals surface area contributed by atoms with Crippen LogP contribution >= 0.6 is 0 Å². The van der Waals surface area contributed by atoms with Crippen LogP contribution < -0.4 is 11.1 Å². The van der Waals surface area contributed by atoms with Crippen molar-refractivity contribution in [1.82, 2.24) is 14.6 Å². The predicted molar refractivity (Wildman–Crippen MR) is 80.1 cm³/mol. The van der Waals surface area contributed by atoms with E-state index in [9.17, 15) is 0 Å². The molecule has 3 rings (SSSR count). The molecule has 0 saturated carbocycles. The van der Waals surface area contributed by atoms with Gasteiger partial charge in [-0.1, -0.05) is 12.1 Å². The van der Waals surface area contributed by atoms with E-state index < -0.39 is 0 Å². The zero-order valence-corrected chi connectivity index (χ0v) is 11.2. The highest BCUT2D eigenvalue weighted by molar-refractivity contribution is 5.58. The average molecular weight is 267 g/mol. The van der Waals surface area contributed by atoms with Gasteiger partial charge in [-0.3, -0.25) is 0 Å². The number of nitrogens with two attached hydrogens (primary N) is 1. The molecule has 0 spiro atoms. The van der Waals surface area contributed by atoms with Crippen LogP contribution in [0.25, 0.3) is 5.65 Å². The van der Waals surface area contributed by atoms with Crippen molar-refractivity contribution in [3.05, 3.63) is 54.4 Å². The second kappa shape index (κ2) is 5.71. The van der Waals surface area contributed by atoms with Crippen molar-refractivity contribution in [3.63, 3.8) is 0 Å². The fourth-order valence-electron chi connectivity index (χ4n) is 2.14. The summed E-state index contributed by atoms with van der Waals surface area (Å²) >= 11 is 0. The Balaban J connectivity index is 1.79. The van der Waals surface area contributed by atoms with Gasteiger partial charge in [0.05, 0.1) is 6.20 Å². The van der Waals surface area contributed by atoms with E-state index in [-0.39, 0.29) is 0 Å². The molecule has 0 atom stereocenters. The maximum atomic E-state index is 5.55. The number of aryl methyl sites for hydroxylation is 1. The minimum Gasteiger partial charge on any atom is -0.340 e. The first-order chi connectivity index (χ1) is 9.85. The van der Waals surface area contributed by atoms with Gasteiger partial charge in [0.1, 0.15) is 5.82 Å². The minimum absolute atomic E-state index is 0.719. The lowest BCUT2D eigenvalue weighted by molar-refractivity contribution is 0.833. The number of fused-ring (bicyclic) bond motifs is 1. The highest BCUT2D eigenvalue weighted by Crippen LogP contribution is 2.17. The van der Waals surface area contributed by atoms with E-state index in [1.807, 2.05) is 30.5 Å². The molecule has 0 unspecified atom stereocenters. The summed E-state index contributed by atoms with van der Waals surface area (Å²) in [6, 6.07) is 12.1. The predicted octanol–water partition coefficient (Wildman–Crippen LogP) is 2.36. The van der Waals surface area contributed by atoms with Crippen molar-refractivity contribution >= 4 is 17.2 Å². The molecular formula is C15H17N5. The molecule has 5 nitrogen and oxygen atoms in total. The molecule has 3 N–H and O–H groups in total. The summed E-state index contributed by atoms with van der Waals surface area (Å²) in [7, 11) is 0. The molecule has 0 aliphatic rings. The number of hydrogen-bond acceptors (Lipinski definition) is 4. The van der Waals surface area contributed by atoms with Gasteiger partial charge in [0.15, 0.2) is 5.65 Å². The van der Waals surface area contributed by atoms with Gasteiger partial charge >= 0.3 is 0 Å². The summed E-state index contributed by atoms with van der Waals surface area (Å²) in [5, 5.41) is 7.45. The molecule has 1 aromatic carbocycles. The second-order valence-corrected chi connectivity index (χ2v) is 4.66. The standard InChI is InChI=1S/C15H17N5/c16-8-2-4-12-3-1-5-13(11-12)18-14-7-10-20-15(19-14)6-9-17-20/h1,3,5-7,9-11H,2,4,8,16H2,(H,18,19). The fraction of sp³-hybridized carbons (Fsp3) is 0.200. The number of aromatic nitrogens is 3. The van der Waals surface area contributed by atoms with Crippen molar-refractivity contribution in [2.24, 2.45) is 5.73 Å². The molecule has 3 aromatic rings. The Labute approximate surface area is 117 Å². The number of benzene rings is 1. The Morgan fingerprint density at radius 1 is 1.20 bits per heavy atom. The van der Waals surface area contributed by atoms with Gasteiger partial charge in [-0.05, 0) is 43.1 Å². The summed E-state index contributed by atoms with van der Waals surface area (Å²) < 4.78 is 1.74. The van der Waals surface area contributed by atoms with Crippen LogP contribution in [0.15, 0.2) is 48.8 Å². The van der Waals surface area contributed by atoms with Crippen molar-refractivity contribution in [2.75, 3.05) is 11.9 Å². The third kappa shape index (κ3) is 2.78. The van der Waals surface area contributed by atoms with E-state index in [4.69, 9.17) is 5.73 Å². The molecule has 0 aliphatic heterocycles. The first-order valence-corrected chi connectivity index (χ1v) is 6.71. The maximum absolute atomic E-state index is 5.55. The molecule has 5 heteroatoms. The zero-order valence-electron chi connectivity index (χ0n) is 11.2. The van der Waals surface area contributed by atoms with Gasteiger partial charge in [0, 0.05) is 18.0 Å². The quantitative estimate of drug-likeness (QED) is 0.744. The SMILES string of the molecule is NCCCc1cccc(Nc2ccn3nccc3n2)c1. The Hall–Kier alpha value is -2.40. The van der Waals surface area contributed by atoms with E-state index in [0.717, 1.165) is 36.5 Å². The number of nitrogens with zero attached hydrogens (tertiary/aromatic N) is 3. The highest BCUT2D eigenvalue weighted by Gasteiger charge is 2.00. The Morgan fingerprint density at radius 3 is 3.05 bits per heavy atom. The van der Waals surface area contributed by atoms with Crippen LogP contribution in [0.3, 0.4) is 0 Å². The first kappa shape index (κ1) is 12.6. The van der Waals surface area contributed by atoms with Gasteiger partial charge in [0.2, 0.25) is 0 Å². The van der Waals surface area contributed by atoms with Gasteiger partial charge in [0.25, 0.3) is 0 Å². The van der Waals surface area contributed by atoms with Crippen LogP contribution in [0.4, 0.5) is 11.5 Å². The molecule has 0 saturated heterocycles. The molecule has 0 amide bonds. The average Bonchev–Trinajstić information content (AvgIpc) is 2.93. The zero-order chi connectivity index (χ0) is 13.8. The molecular weight excluding hydrogens is 250 g/mol. The van der Waals surface area contributed by atoms with Crippen molar-refractivity contribution in [3.8, 4) is 0 Å². The molecule has 2 heterocycles. The van der Waals surface area contributed by atoms with Gasteiger partial charge in [-0.25, -0.2) is 9.50 Å². The Kier molecular flexibility index (Phi) is 3.60. The first-order valence-electron chi connectivity index (χ1n) is 6.71. The van der Waals surface area contributed by atoms with Gasteiger partial charge < -0.3 is 11.1 Å². The molecule has 0 bridgehead atoms. The lowest BCUT2D eigenvalue weighted by Crippen LogP contribution is -2.01. The van der Waals surface area contributed by atoms with Crippen molar-refractivity contribution < 1.29 is 0 Å². The van der Waals surface area contributed by atoms with E-state index >= 15 is 0 Å². The molecule has 0 aliphatic carbocycles. The van der Waals surface area contributed by atoms with Crippen LogP contribution in [0.1, 0.15) is 12.0 Å². The third-order valence-electron chi connectivity index (χ3n) is 3.13. The molecule has 102 valence electrons. The molecule has 0 radical (unpaired) electrons. The summed E-state index contributed by atoms with van der Waals surface area (Å²) in [6.07, 6.45) is 5.63. The normalized spacial score (nSPS) is 10.8. The lowest BCUT2D eigenvalue weighted by atomic mass is 10.1. The molecule has 20 heavy (non-hydrogen) atoms. The summed E-state index contributed by atoms with van der Waals surface area (Å²) in [6.45, 7) is 0.719. The van der Waals surface area contributed by atoms with Crippen LogP contribution in [0.5, 0.6) is 0 Å². The highest BCUT2D eigenvalue weighted by atomic mass is 15.2. The number of hydrogen-bond donors (Lipinski definition) is 2. The summed E-state index contributed by atoms with van der Waals surface area (Å²) in [5.41, 5.74) is 8.70. The summed E-state index contributed by atoms with van der Waals surface area (Å²) in [4.78, 5) is 4.49. The van der Waals surface area contributed by atoms with E-state index in [1.165, 1.54) is 5.56 Å². The van der Waals surface area contributed by atoms with E-state index in [2.05, 4.69) is 27.5 Å². The monoisotopic (exact) mass is 267 g/mol. The number of nitrogens with one attached hydrogen (secondary N) is 1. The molecule has 2 aromatic heterocycles. The topological polar surface area (TPSA) is 68.2 Å². The number of anilines is 2. The smallest absolute Gasteiger partial charge is 0.157 e. The van der Waals surface area contributed by atoms with Crippen LogP contribution in [-0.2, 0) is 6.42 Å². The largest absolute Gasteiger partial charge is 0.340 e. The van der Waals surface area contributed by atoms with Crippen LogP contribution in [0, 0.1) is 0 Å². The maximum Gasteiger partial charge on any atom is 0.157 e. The fourth-order valence-corrected chi connectivity index (χ4v) is 2.14. The Morgan fingerprint density at radius 2 is 2.15 bits per heavy atom. The van der Waals surface area contributed by atoms with Crippen LogP contribution in [-0.4, -0.2) is 21.1 Å². The minimum atomic E-state index is 0.719. The van der Waals surface area contributed by atoms with E-state index in [1.54, 1.807) is 10.7 Å². The van der Waals surface area contributed by atoms with E-state index in [0.29, 0.717) is 0 Å². The number of rotatable bonds is 5. The summed E-state index contributed by atoms with van der Waals surface area (Å²) in [5.74, 6) is 0.814.